The molecule has 0 spiro atoms. The van der Waals surface area contributed by atoms with Gasteiger partial charge in [-0.15, -0.1) is 0 Å². The van der Waals surface area contributed by atoms with Gasteiger partial charge in [0.15, 0.2) is 15.6 Å². The first kappa shape index (κ1) is 19.0. The molecule has 6 heteroatoms. The molecule has 1 amide bonds. The van der Waals surface area contributed by atoms with Gasteiger partial charge in [-0.1, -0.05) is 38.1 Å². The predicted octanol–water partition coefficient (Wildman–Crippen LogP) is 3.80. The number of rotatable bonds is 7. The summed E-state index contributed by atoms with van der Waals surface area (Å²) in [7, 11) is -3.43. The van der Waals surface area contributed by atoms with Crippen LogP contribution in [0.1, 0.15) is 19.4 Å². The number of anilines is 1. The van der Waals surface area contributed by atoms with Crippen molar-refractivity contribution in [1.82, 2.24) is 0 Å². The Morgan fingerprint density at radius 2 is 1.84 bits per heavy atom. The number of hydrogen-bond acceptors (Lipinski definition) is 4. The van der Waals surface area contributed by atoms with Gasteiger partial charge >= 0.3 is 0 Å². The molecule has 2 aromatic rings. The van der Waals surface area contributed by atoms with E-state index >= 15 is 0 Å². The first-order chi connectivity index (χ1) is 11.7. The van der Waals surface area contributed by atoms with Crippen LogP contribution in [0, 0.1) is 12.8 Å². The Morgan fingerprint density at radius 1 is 1.12 bits per heavy atom. The van der Waals surface area contributed by atoms with Crippen molar-refractivity contribution in [1.29, 1.82) is 0 Å². The lowest BCUT2D eigenvalue weighted by molar-refractivity contribution is -0.113. The van der Waals surface area contributed by atoms with Crippen LogP contribution < -0.4 is 10.1 Å². The van der Waals surface area contributed by atoms with Crippen molar-refractivity contribution in [3.05, 3.63) is 54.1 Å². The van der Waals surface area contributed by atoms with Crippen molar-refractivity contribution < 1.29 is 17.9 Å². The molecule has 1 N–H and O–H groups in total. The van der Waals surface area contributed by atoms with Gasteiger partial charge in [-0.2, -0.15) is 0 Å². The van der Waals surface area contributed by atoms with Gasteiger partial charge in [0.2, 0.25) is 5.91 Å². The van der Waals surface area contributed by atoms with E-state index in [1.165, 1.54) is 0 Å². The van der Waals surface area contributed by atoms with E-state index in [0.29, 0.717) is 17.2 Å². The fraction of sp³-hybridized carbons (Fsp3) is 0.316. The second-order valence-corrected chi connectivity index (χ2v) is 8.52. The second-order valence-electron chi connectivity index (χ2n) is 6.41. The summed E-state index contributed by atoms with van der Waals surface area (Å²) in [6, 6.07) is 14.5. The van der Waals surface area contributed by atoms with Crippen LogP contribution in [0.4, 0.5) is 5.69 Å². The monoisotopic (exact) mass is 361 g/mol. The third-order valence-corrected chi connectivity index (χ3v) is 5.19. The molecule has 0 heterocycles. The molecule has 0 aliphatic heterocycles. The van der Waals surface area contributed by atoms with Gasteiger partial charge in [-0.05, 0) is 42.7 Å². The van der Waals surface area contributed by atoms with Gasteiger partial charge in [0.1, 0.15) is 11.5 Å². The van der Waals surface area contributed by atoms with Gasteiger partial charge in [-0.25, -0.2) is 8.42 Å². The number of hydrogen-bond donors (Lipinski definition) is 1. The third-order valence-electron chi connectivity index (χ3n) is 3.32. The van der Waals surface area contributed by atoms with Crippen LogP contribution in [0.3, 0.4) is 0 Å². The molecule has 0 saturated heterocycles. The summed E-state index contributed by atoms with van der Waals surface area (Å²) in [5, 5.41) is 2.63. The lowest BCUT2D eigenvalue weighted by Gasteiger charge is -2.13. The topological polar surface area (TPSA) is 72.5 Å². The average Bonchev–Trinajstić information content (AvgIpc) is 2.47. The number of carbonyl (C=O) groups excluding carboxylic acids is 1. The van der Waals surface area contributed by atoms with Crippen molar-refractivity contribution in [3.8, 4) is 11.5 Å². The van der Waals surface area contributed by atoms with E-state index in [4.69, 9.17) is 4.74 Å². The van der Waals surface area contributed by atoms with E-state index in [2.05, 4.69) is 5.32 Å². The molecule has 2 aromatic carbocycles. The van der Waals surface area contributed by atoms with Gasteiger partial charge in [0.25, 0.3) is 0 Å². The van der Waals surface area contributed by atoms with E-state index in [9.17, 15) is 13.2 Å². The summed E-state index contributed by atoms with van der Waals surface area (Å²) in [6.45, 7) is 5.57. The van der Waals surface area contributed by atoms with Crippen molar-refractivity contribution in [2.24, 2.45) is 5.92 Å². The van der Waals surface area contributed by atoms with Crippen LogP contribution >= 0.6 is 0 Å². The van der Waals surface area contributed by atoms with Crippen LogP contribution in [-0.4, -0.2) is 25.8 Å². The highest BCUT2D eigenvalue weighted by molar-refractivity contribution is 7.92. The van der Waals surface area contributed by atoms with Crippen molar-refractivity contribution in [2.45, 2.75) is 20.8 Å². The van der Waals surface area contributed by atoms with Gasteiger partial charge in [0, 0.05) is 0 Å². The Hall–Kier alpha value is -2.34. The summed E-state index contributed by atoms with van der Waals surface area (Å²) < 4.78 is 29.7. The molecule has 134 valence electrons. The standard InChI is InChI=1S/C19H23NO4S/c1-14(2)12-25(22,23)13-19(21)20-17-9-4-5-10-18(17)24-16-8-6-7-15(3)11-16/h4-11,14H,12-13H2,1-3H3,(H,20,21). The van der Waals surface area contributed by atoms with E-state index < -0.39 is 21.5 Å². The lowest BCUT2D eigenvalue weighted by Crippen LogP contribution is -2.26. The van der Waals surface area contributed by atoms with Crippen molar-refractivity contribution in [3.63, 3.8) is 0 Å². The number of para-hydroxylation sites is 2. The largest absolute Gasteiger partial charge is 0.455 e. The molecule has 0 aromatic heterocycles. The summed E-state index contributed by atoms with van der Waals surface area (Å²) in [4.78, 5) is 12.1. The Balaban J connectivity index is 2.11. The number of benzene rings is 2. The molecule has 25 heavy (non-hydrogen) atoms. The maximum absolute atomic E-state index is 12.1. The molecule has 5 nitrogen and oxygen atoms in total. The zero-order valence-electron chi connectivity index (χ0n) is 14.7. The number of aryl methyl sites for hydroxylation is 1. The molecule has 0 aliphatic rings. The molecular formula is C19H23NO4S. The third kappa shape index (κ3) is 6.23. The van der Waals surface area contributed by atoms with Gasteiger partial charge < -0.3 is 10.1 Å². The summed E-state index contributed by atoms with van der Waals surface area (Å²) >= 11 is 0. The number of carbonyl (C=O) groups is 1. The molecule has 0 saturated carbocycles. The Labute approximate surface area is 148 Å². The van der Waals surface area contributed by atoms with E-state index in [1.807, 2.05) is 31.2 Å². The predicted molar refractivity (Wildman–Crippen MR) is 99.8 cm³/mol. The molecule has 0 bridgehead atoms. The van der Waals surface area contributed by atoms with Crippen LogP contribution in [0.15, 0.2) is 48.5 Å². The quantitative estimate of drug-likeness (QED) is 0.814. The number of amides is 1. The minimum atomic E-state index is -3.43. The summed E-state index contributed by atoms with van der Waals surface area (Å²) in [5.41, 5.74) is 1.49. The van der Waals surface area contributed by atoms with Crippen LogP contribution in [0.25, 0.3) is 0 Å². The fourth-order valence-electron chi connectivity index (χ4n) is 2.42. The molecule has 2 rings (SSSR count). The highest BCUT2D eigenvalue weighted by atomic mass is 32.2. The minimum absolute atomic E-state index is 0.0120. The van der Waals surface area contributed by atoms with Gasteiger partial charge in [-0.3, -0.25) is 4.79 Å². The van der Waals surface area contributed by atoms with Gasteiger partial charge in [0.05, 0.1) is 11.4 Å². The Kier molecular flexibility index (Phi) is 6.20. The maximum atomic E-state index is 12.1. The number of nitrogens with one attached hydrogen (secondary N) is 1. The van der Waals surface area contributed by atoms with E-state index in [-0.39, 0.29) is 11.7 Å². The van der Waals surface area contributed by atoms with Crippen molar-refractivity contribution >= 4 is 21.4 Å². The second kappa shape index (κ2) is 8.16. The van der Waals surface area contributed by atoms with Crippen LogP contribution in [-0.2, 0) is 14.6 Å². The molecule has 0 atom stereocenters. The number of sulfone groups is 1. The lowest BCUT2D eigenvalue weighted by atomic mass is 10.2. The molecular weight excluding hydrogens is 338 g/mol. The SMILES string of the molecule is Cc1cccc(Oc2ccccc2NC(=O)CS(=O)(=O)CC(C)C)c1. The molecule has 0 aliphatic carbocycles. The maximum Gasteiger partial charge on any atom is 0.239 e. The zero-order valence-corrected chi connectivity index (χ0v) is 15.5. The first-order valence-electron chi connectivity index (χ1n) is 8.09. The summed E-state index contributed by atoms with van der Waals surface area (Å²) in [6.07, 6.45) is 0. The molecule has 0 fully saturated rings. The summed E-state index contributed by atoms with van der Waals surface area (Å²) in [5.74, 6) is -0.0289. The zero-order chi connectivity index (χ0) is 18.4. The van der Waals surface area contributed by atoms with E-state index in [1.54, 1.807) is 38.1 Å². The van der Waals surface area contributed by atoms with E-state index in [0.717, 1.165) is 5.56 Å². The highest BCUT2D eigenvalue weighted by Gasteiger charge is 2.19. The van der Waals surface area contributed by atoms with Crippen molar-refractivity contribution in [2.75, 3.05) is 16.8 Å². The Morgan fingerprint density at radius 3 is 2.52 bits per heavy atom. The van der Waals surface area contributed by atoms with Crippen LogP contribution in [0.2, 0.25) is 0 Å². The average molecular weight is 361 g/mol. The first-order valence-corrected chi connectivity index (χ1v) is 9.91. The van der Waals surface area contributed by atoms with Crippen LogP contribution in [0.5, 0.6) is 11.5 Å². The Bertz CT molecular complexity index is 844. The molecule has 0 radical (unpaired) electrons. The highest BCUT2D eigenvalue weighted by Crippen LogP contribution is 2.29. The normalized spacial score (nSPS) is 11.4. The molecule has 0 unspecified atom stereocenters. The minimum Gasteiger partial charge on any atom is -0.455 e. The fourth-order valence-corrected chi connectivity index (χ4v) is 4.02. The smallest absolute Gasteiger partial charge is 0.239 e. The number of ether oxygens (including phenoxy) is 1.